The summed E-state index contributed by atoms with van der Waals surface area (Å²) < 4.78 is 5.52. The van der Waals surface area contributed by atoms with Crippen molar-refractivity contribution in [2.24, 2.45) is 5.73 Å². The normalized spacial score (nSPS) is 13.0. The van der Waals surface area contributed by atoms with Crippen molar-refractivity contribution in [2.75, 3.05) is 6.54 Å². The van der Waals surface area contributed by atoms with E-state index in [4.69, 9.17) is 10.5 Å². The van der Waals surface area contributed by atoms with Gasteiger partial charge in [0.05, 0.1) is 6.10 Å². The predicted octanol–water partition coefficient (Wildman–Crippen LogP) is 3.93. The van der Waals surface area contributed by atoms with Gasteiger partial charge in [0, 0.05) is 19.1 Å². The smallest absolute Gasteiger partial charge is 0.410 e. The molecule has 152 valence electrons. The molecule has 5 heteroatoms. The average molecular weight is 385 g/mol. The van der Waals surface area contributed by atoms with E-state index < -0.39 is 18.2 Å². The van der Waals surface area contributed by atoms with Crippen molar-refractivity contribution in [2.45, 2.75) is 58.9 Å². The van der Waals surface area contributed by atoms with Crippen molar-refractivity contribution in [3.63, 3.8) is 0 Å². The molecule has 0 aliphatic heterocycles. The van der Waals surface area contributed by atoms with Gasteiger partial charge in [-0.2, -0.15) is 0 Å². The highest BCUT2D eigenvalue weighted by molar-refractivity contribution is 5.68. The van der Waals surface area contributed by atoms with Crippen molar-refractivity contribution >= 4 is 6.09 Å². The molecule has 1 amide bonds. The molecular weight excluding hydrogens is 352 g/mol. The molecule has 2 atom stereocenters. The number of hydrogen-bond acceptors (Lipinski definition) is 4. The van der Waals surface area contributed by atoms with E-state index in [1.807, 2.05) is 63.2 Å². The highest BCUT2D eigenvalue weighted by atomic mass is 16.6. The van der Waals surface area contributed by atoms with Gasteiger partial charge >= 0.3 is 6.09 Å². The number of aryl methyl sites for hydroxylation is 2. The molecule has 5 nitrogen and oxygen atoms in total. The van der Waals surface area contributed by atoms with Gasteiger partial charge in [-0.3, -0.25) is 0 Å². The minimum absolute atomic E-state index is 0.204. The Morgan fingerprint density at radius 1 is 1.18 bits per heavy atom. The topological polar surface area (TPSA) is 75.8 Å². The predicted molar refractivity (Wildman–Crippen MR) is 112 cm³/mol. The van der Waals surface area contributed by atoms with E-state index >= 15 is 0 Å². The zero-order chi connectivity index (χ0) is 20.5. The average Bonchev–Trinajstić information content (AvgIpc) is 2.68. The molecule has 0 saturated heterocycles. The number of amides is 1. The monoisotopic (exact) mass is 384 g/mol. The van der Waals surface area contributed by atoms with Crippen LogP contribution in [0.15, 0.2) is 48.5 Å². The summed E-state index contributed by atoms with van der Waals surface area (Å²) in [5, 5.41) is 10.2. The lowest BCUT2D eigenvalue weighted by Gasteiger charge is -2.28. The SMILES string of the molecule is CCC[C@H](O)[C@@H](N)CN(Cc1ccc(C)cc1C)C(=O)OCc1ccccc1. The van der Waals surface area contributed by atoms with Crippen molar-refractivity contribution < 1.29 is 14.6 Å². The van der Waals surface area contributed by atoms with Crippen LogP contribution in [0.25, 0.3) is 0 Å². The first-order valence-electron chi connectivity index (χ1n) is 9.86. The molecule has 0 heterocycles. The maximum absolute atomic E-state index is 12.8. The minimum Gasteiger partial charge on any atom is -0.445 e. The van der Waals surface area contributed by atoms with Gasteiger partial charge in [-0.25, -0.2) is 4.79 Å². The zero-order valence-electron chi connectivity index (χ0n) is 17.1. The van der Waals surface area contributed by atoms with Crippen LogP contribution in [0, 0.1) is 13.8 Å². The molecule has 28 heavy (non-hydrogen) atoms. The Labute approximate surface area is 168 Å². The summed E-state index contributed by atoms with van der Waals surface area (Å²) >= 11 is 0. The summed E-state index contributed by atoms with van der Waals surface area (Å²) in [5.74, 6) is 0. The molecule has 2 aromatic rings. The number of nitrogens with two attached hydrogens (primary N) is 1. The van der Waals surface area contributed by atoms with Crippen LogP contribution in [0.4, 0.5) is 4.79 Å². The van der Waals surface area contributed by atoms with E-state index in [-0.39, 0.29) is 13.2 Å². The Morgan fingerprint density at radius 2 is 1.89 bits per heavy atom. The molecule has 0 fully saturated rings. The summed E-state index contributed by atoms with van der Waals surface area (Å²) in [6, 6.07) is 15.2. The van der Waals surface area contributed by atoms with Gasteiger partial charge in [-0.15, -0.1) is 0 Å². The van der Waals surface area contributed by atoms with Crippen LogP contribution in [-0.2, 0) is 17.9 Å². The molecule has 0 unspecified atom stereocenters. The van der Waals surface area contributed by atoms with Crippen LogP contribution in [0.5, 0.6) is 0 Å². The molecule has 0 aromatic heterocycles. The maximum Gasteiger partial charge on any atom is 0.410 e. The first-order chi connectivity index (χ1) is 13.4. The quantitative estimate of drug-likeness (QED) is 0.687. The number of nitrogens with zero attached hydrogens (tertiary/aromatic N) is 1. The molecule has 2 aromatic carbocycles. The Kier molecular flexibility index (Phi) is 8.48. The van der Waals surface area contributed by atoms with Gasteiger partial charge in [0.15, 0.2) is 0 Å². The number of benzene rings is 2. The number of carbonyl (C=O) groups is 1. The molecule has 0 radical (unpaired) electrons. The molecule has 0 bridgehead atoms. The molecular formula is C23H32N2O3. The fourth-order valence-electron chi connectivity index (χ4n) is 3.13. The van der Waals surface area contributed by atoms with E-state index in [0.717, 1.165) is 23.1 Å². The standard InChI is InChI=1S/C23H32N2O3/c1-4-8-22(26)21(24)15-25(14-20-12-11-17(2)13-18(20)3)23(27)28-16-19-9-6-5-7-10-19/h5-7,9-13,21-22,26H,4,8,14-16,24H2,1-3H3/t21-,22-/m0/s1. The van der Waals surface area contributed by atoms with Gasteiger partial charge in [-0.1, -0.05) is 67.4 Å². The van der Waals surface area contributed by atoms with Crippen LogP contribution in [0.1, 0.15) is 42.0 Å². The summed E-state index contributed by atoms with van der Waals surface area (Å²) in [7, 11) is 0. The van der Waals surface area contributed by atoms with Gasteiger partial charge in [0.25, 0.3) is 0 Å². The van der Waals surface area contributed by atoms with E-state index in [2.05, 4.69) is 6.07 Å². The maximum atomic E-state index is 12.8. The molecule has 0 saturated carbocycles. The summed E-state index contributed by atoms with van der Waals surface area (Å²) in [5.41, 5.74) is 10.4. The van der Waals surface area contributed by atoms with E-state index in [0.29, 0.717) is 13.0 Å². The Morgan fingerprint density at radius 3 is 2.54 bits per heavy atom. The Balaban J connectivity index is 2.10. The van der Waals surface area contributed by atoms with Gasteiger partial charge in [-0.05, 0) is 37.0 Å². The number of rotatable bonds is 9. The van der Waals surface area contributed by atoms with Gasteiger partial charge < -0.3 is 20.5 Å². The van der Waals surface area contributed by atoms with Crippen molar-refractivity contribution in [3.8, 4) is 0 Å². The van der Waals surface area contributed by atoms with Crippen LogP contribution in [0.2, 0.25) is 0 Å². The Hall–Kier alpha value is -2.37. The summed E-state index contributed by atoms with van der Waals surface area (Å²) in [6.45, 7) is 6.91. The third-order valence-corrected chi connectivity index (χ3v) is 4.83. The summed E-state index contributed by atoms with van der Waals surface area (Å²) in [6.07, 6.45) is 0.374. The number of aliphatic hydroxyl groups is 1. The lowest BCUT2D eigenvalue weighted by Crippen LogP contribution is -2.47. The molecule has 3 N–H and O–H groups in total. The fourth-order valence-corrected chi connectivity index (χ4v) is 3.13. The van der Waals surface area contributed by atoms with Crippen LogP contribution < -0.4 is 5.73 Å². The highest BCUT2D eigenvalue weighted by Gasteiger charge is 2.23. The van der Waals surface area contributed by atoms with Crippen molar-refractivity contribution in [1.82, 2.24) is 4.90 Å². The lowest BCUT2D eigenvalue weighted by atomic mass is 10.0. The van der Waals surface area contributed by atoms with Crippen LogP contribution in [0.3, 0.4) is 0 Å². The third kappa shape index (κ3) is 6.66. The second-order valence-electron chi connectivity index (χ2n) is 7.37. The summed E-state index contributed by atoms with van der Waals surface area (Å²) in [4.78, 5) is 14.4. The zero-order valence-corrected chi connectivity index (χ0v) is 17.1. The molecule has 0 aliphatic carbocycles. The largest absolute Gasteiger partial charge is 0.445 e. The second-order valence-corrected chi connectivity index (χ2v) is 7.37. The highest BCUT2D eigenvalue weighted by Crippen LogP contribution is 2.15. The Bertz CT molecular complexity index is 749. The molecule has 2 rings (SSSR count). The number of aliphatic hydroxyl groups excluding tert-OH is 1. The van der Waals surface area contributed by atoms with Crippen LogP contribution >= 0.6 is 0 Å². The number of carbonyl (C=O) groups excluding carboxylic acids is 1. The second kappa shape index (κ2) is 10.8. The van der Waals surface area contributed by atoms with E-state index in [1.165, 1.54) is 5.56 Å². The van der Waals surface area contributed by atoms with Crippen LogP contribution in [-0.4, -0.2) is 34.8 Å². The minimum atomic E-state index is -0.645. The lowest BCUT2D eigenvalue weighted by molar-refractivity contribution is 0.0739. The fraction of sp³-hybridized carbons (Fsp3) is 0.435. The first-order valence-corrected chi connectivity index (χ1v) is 9.86. The van der Waals surface area contributed by atoms with E-state index in [1.54, 1.807) is 4.90 Å². The van der Waals surface area contributed by atoms with E-state index in [9.17, 15) is 9.90 Å². The number of ether oxygens (including phenoxy) is 1. The first kappa shape index (κ1) is 21.9. The molecule has 0 spiro atoms. The third-order valence-electron chi connectivity index (χ3n) is 4.83. The van der Waals surface area contributed by atoms with Gasteiger partial charge in [0.1, 0.15) is 6.61 Å². The van der Waals surface area contributed by atoms with Crippen molar-refractivity contribution in [3.05, 3.63) is 70.8 Å². The van der Waals surface area contributed by atoms with Crippen molar-refractivity contribution in [1.29, 1.82) is 0 Å². The van der Waals surface area contributed by atoms with Gasteiger partial charge in [0.2, 0.25) is 0 Å². The number of hydrogen-bond donors (Lipinski definition) is 2. The molecule has 0 aliphatic rings.